The molecule has 0 saturated heterocycles. The summed E-state index contributed by atoms with van der Waals surface area (Å²) in [4.78, 5) is 10.8. The molecule has 2 aromatic rings. The van der Waals surface area contributed by atoms with Gasteiger partial charge in [-0.3, -0.25) is 4.79 Å². The predicted octanol–water partition coefficient (Wildman–Crippen LogP) is 4.30. The van der Waals surface area contributed by atoms with Gasteiger partial charge in [-0.05, 0) is 49.4 Å². The molecule has 116 valence electrons. The zero-order valence-corrected chi connectivity index (χ0v) is 13.0. The molecule has 2 aromatic carbocycles. The highest BCUT2D eigenvalue weighted by Gasteiger charge is 2.05. The number of aryl methyl sites for hydroxylation is 1. The topological polar surface area (TPSA) is 35.5 Å². The van der Waals surface area contributed by atoms with Gasteiger partial charge in [0, 0.05) is 5.56 Å². The number of carbonyl (C=O) groups excluding carboxylic acids is 1. The van der Waals surface area contributed by atoms with Crippen molar-refractivity contribution in [3.8, 4) is 11.5 Å². The molecule has 0 heterocycles. The summed E-state index contributed by atoms with van der Waals surface area (Å²) in [5, 5.41) is 0. The summed E-state index contributed by atoms with van der Waals surface area (Å²) in [6.45, 7) is 0.632. The van der Waals surface area contributed by atoms with Crippen LogP contribution in [0.1, 0.15) is 35.2 Å². The Bertz CT molecular complexity index is 578. The van der Waals surface area contributed by atoms with E-state index in [1.165, 1.54) is 5.56 Å². The first-order valence-corrected chi connectivity index (χ1v) is 7.63. The monoisotopic (exact) mass is 298 g/mol. The average Bonchev–Trinajstić information content (AvgIpc) is 2.58. The molecular weight excluding hydrogens is 276 g/mol. The van der Waals surface area contributed by atoms with Crippen molar-refractivity contribution >= 4 is 6.29 Å². The standard InChI is InChI=1S/C19H22O3/c1-21-18-12-11-17(15-20)14-19(18)22-13-7-3-6-10-16-8-4-2-5-9-16/h2,4-5,8-9,11-12,14-15H,3,6-7,10,13H2,1H3. The fraction of sp³-hybridized carbons (Fsp3) is 0.316. The summed E-state index contributed by atoms with van der Waals surface area (Å²) >= 11 is 0. The van der Waals surface area contributed by atoms with Crippen LogP contribution in [0, 0.1) is 0 Å². The van der Waals surface area contributed by atoms with Crippen LogP contribution in [0.3, 0.4) is 0 Å². The Morgan fingerprint density at radius 3 is 2.50 bits per heavy atom. The van der Waals surface area contributed by atoms with Crippen molar-refractivity contribution in [3.05, 3.63) is 59.7 Å². The summed E-state index contributed by atoms with van der Waals surface area (Å²) in [5.74, 6) is 1.30. The van der Waals surface area contributed by atoms with Crippen LogP contribution in [-0.2, 0) is 6.42 Å². The molecule has 0 aliphatic heterocycles. The van der Waals surface area contributed by atoms with Crippen molar-refractivity contribution in [2.45, 2.75) is 25.7 Å². The Morgan fingerprint density at radius 2 is 1.77 bits per heavy atom. The highest BCUT2D eigenvalue weighted by Crippen LogP contribution is 2.27. The Balaban J connectivity index is 1.71. The van der Waals surface area contributed by atoms with Crippen LogP contribution in [0.15, 0.2) is 48.5 Å². The number of ether oxygens (including phenoxy) is 2. The summed E-state index contributed by atoms with van der Waals surface area (Å²) in [6.07, 6.45) is 5.17. The molecule has 0 aliphatic carbocycles. The maximum atomic E-state index is 10.8. The molecule has 0 N–H and O–H groups in total. The second-order valence-corrected chi connectivity index (χ2v) is 5.17. The molecule has 0 atom stereocenters. The van der Waals surface area contributed by atoms with E-state index in [4.69, 9.17) is 9.47 Å². The number of rotatable bonds is 9. The molecule has 22 heavy (non-hydrogen) atoms. The maximum absolute atomic E-state index is 10.8. The van der Waals surface area contributed by atoms with Gasteiger partial charge >= 0.3 is 0 Å². The number of methoxy groups -OCH3 is 1. The lowest BCUT2D eigenvalue weighted by molar-refractivity contribution is 0.112. The fourth-order valence-electron chi connectivity index (χ4n) is 2.31. The molecule has 2 rings (SSSR count). The molecule has 0 spiro atoms. The first kappa shape index (κ1) is 16.1. The lowest BCUT2D eigenvalue weighted by Gasteiger charge is -2.11. The number of aldehydes is 1. The zero-order chi connectivity index (χ0) is 15.6. The third-order valence-electron chi connectivity index (χ3n) is 3.53. The summed E-state index contributed by atoms with van der Waals surface area (Å²) in [6, 6.07) is 15.7. The lowest BCUT2D eigenvalue weighted by Crippen LogP contribution is -2.00. The number of carbonyl (C=O) groups is 1. The van der Waals surface area contributed by atoms with Gasteiger partial charge in [-0.1, -0.05) is 30.3 Å². The van der Waals surface area contributed by atoms with Gasteiger partial charge in [-0.2, -0.15) is 0 Å². The van der Waals surface area contributed by atoms with Gasteiger partial charge in [0.15, 0.2) is 11.5 Å². The number of hydrogen-bond donors (Lipinski definition) is 0. The van der Waals surface area contributed by atoms with E-state index in [9.17, 15) is 4.79 Å². The van der Waals surface area contributed by atoms with E-state index in [0.717, 1.165) is 32.0 Å². The summed E-state index contributed by atoms with van der Waals surface area (Å²) in [7, 11) is 1.60. The van der Waals surface area contributed by atoms with Gasteiger partial charge in [0.05, 0.1) is 13.7 Å². The number of unbranched alkanes of at least 4 members (excludes halogenated alkanes) is 2. The molecule has 0 fully saturated rings. The zero-order valence-electron chi connectivity index (χ0n) is 13.0. The number of benzene rings is 2. The molecule has 0 aromatic heterocycles. The van der Waals surface area contributed by atoms with E-state index >= 15 is 0 Å². The van der Waals surface area contributed by atoms with Crippen LogP contribution in [0.4, 0.5) is 0 Å². The van der Waals surface area contributed by atoms with E-state index in [1.54, 1.807) is 25.3 Å². The predicted molar refractivity (Wildman–Crippen MR) is 87.9 cm³/mol. The normalized spacial score (nSPS) is 10.2. The molecule has 0 amide bonds. The van der Waals surface area contributed by atoms with Gasteiger partial charge in [0.1, 0.15) is 6.29 Å². The average molecular weight is 298 g/mol. The van der Waals surface area contributed by atoms with Gasteiger partial charge in [-0.15, -0.1) is 0 Å². The summed E-state index contributed by atoms with van der Waals surface area (Å²) in [5.41, 5.74) is 1.98. The van der Waals surface area contributed by atoms with Crippen molar-refractivity contribution < 1.29 is 14.3 Å². The van der Waals surface area contributed by atoms with Crippen molar-refractivity contribution in [1.82, 2.24) is 0 Å². The minimum Gasteiger partial charge on any atom is -0.493 e. The van der Waals surface area contributed by atoms with Crippen LogP contribution in [-0.4, -0.2) is 20.0 Å². The highest BCUT2D eigenvalue weighted by atomic mass is 16.5. The first-order chi connectivity index (χ1) is 10.8. The third-order valence-corrected chi connectivity index (χ3v) is 3.53. The Morgan fingerprint density at radius 1 is 0.955 bits per heavy atom. The minimum atomic E-state index is 0.597. The van der Waals surface area contributed by atoms with Crippen LogP contribution >= 0.6 is 0 Å². The second kappa shape index (κ2) is 8.88. The van der Waals surface area contributed by atoms with Gasteiger partial charge < -0.3 is 9.47 Å². The molecule has 0 radical (unpaired) electrons. The van der Waals surface area contributed by atoms with Crippen molar-refractivity contribution in [2.24, 2.45) is 0 Å². The van der Waals surface area contributed by atoms with Gasteiger partial charge in [0.25, 0.3) is 0 Å². The van der Waals surface area contributed by atoms with E-state index in [2.05, 4.69) is 24.3 Å². The molecule has 0 bridgehead atoms. The largest absolute Gasteiger partial charge is 0.493 e. The second-order valence-electron chi connectivity index (χ2n) is 5.17. The Labute approximate surface area is 131 Å². The van der Waals surface area contributed by atoms with Crippen LogP contribution < -0.4 is 9.47 Å². The molecule has 3 nitrogen and oxygen atoms in total. The summed E-state index contributed by atoms with van der Waals surface area (Å²) < 4.78 is 11.0. The van der Waals surface area contributed by atoms with Crippen molar-refractivity contribution in [3.63, 3.8) is 0 Å². The number of hydrogen-bond acceptors (Lipinski definition) is 3. The Hall–Kier alpha value is -2.29. The lowest BCUT2D eigenvalue weighted by atomic mass is 10.1. The molecular formula is C19H22O3. The van der Waals surface area contributed by atoms with Crippen molar-refractivity contribution in [2.75, 3.05) is 13.7 Å². The Kier molecular flexibility index (Phi) is 6.49. The van der Waals surface area contributed by atoms with Crippen LogP contribution in [0.25, 0.3) is 0 Å². The molecule has 0 saturated carbocycles. The molecule has 0 unspecified atom stereocenters. The van der Waals surface area contributed by atoms with E-state index in [0.29, 0.717) is 23.7 Å². The van der Waals surface area contributed by atoms with E-state index < -0.39 is 0 Å². The van der Waals surface area contributed by atoms with Crippen LogP contribution in [0.2, 0.25) is 0 Å². The smallest absolute Gasteiger partial charge is 0.161 e. The van der Waals surface area contributed by atoms with Crippen LogP contribution in [0.5, 0.6) is 11.5 Å². The van der Waals surface area contributed by atoms with Crippen molar-refractivity contribution in [1.29, 1.82) is 0 Å². The molecule has 0 aliphatic rings. The van der Waals surface area contributed by atoms with E-state index in [1.807, 2.05) is 6.07 Å². The van der Waals surface area contributed by atoms with Gasteiger partial charge in [-0.25, -0.2) is 0 Å². The fourth-order valence-corrected chi connectivity index (χ4v) is 2.31. The highest BCUT2D eigenvalue weighted by molar-refractivity contribution is 5.76. The maximum Gasteiger partial charge on any atom is 0.161 e. The SMILES string of the molecule is COc1ccc(C=O)cc1OCCCCCc1ccccc1. The quantitative estimate of drug-likeness (QED) is 0.511. The third kappa shape index (κ3) is 4.92. The van der Waals surface area contributed by atoms with E-state index in [-0.39, 0.29) is 0 Å². The molecule has 3 heteroatoms. The van der Waals surface area contributed by atoms with Gasteiger partial charge in [0.2, 0.25) is 0 Å². The minimum absolute atomic E-state index is 0.597. The first-order valence-electron chi connectivity index (χ1n) is 7.63.